The number of anilines is 1. The lowest BCUT2D eigenvalue weighted by molar-refractivity contribution is -0.115. The van der Waals surface area contributed by atoms with Crippen LogP contribution in [0.25, 0.3) is 0 Å². The predicted molar refractivity (Wildman–Crippen MR) is 107 cm³/mol. The Morgan fingerprint density at radius 3 is 2.52 bits per heavy atom. The van der Waals surface area contributed by atoms with Crippen molar-refractivity contribution in [3.63, 3.8) is 0 Å². The van der Waals surface area contributed by atoms with Crippen molar-refractivity contribution in [2.45, 2.75) is 18.2 Å². The minimum absolute atomic E-state index is 0.00117. The SMILES string of the molecule is CCCNS(=O)(=O)c1cccc(C(=O)NCC(=O)Nc2ccccc2Br)c1. The number of para-hydroxylation sites is 1. The molecular weight excluding hydrogens is 434 g/mol. The first-order valence-corrected chi connectivity index (χ1v) is 10.5. The fourth-order valence-corrected chi connectivity index (χ4v) is 3.71. The highest BCUT2D eigenvalue weighted by molar-refractivity contribution is 9.10. The number of hydrogen-bond donors (Lipinski definition) is 3. The van der Waals surface area contributed by atoms with Gasteiger partial charge in [0.25, 0.3) is 5.91 Å². The average Bonchev–Trinajstić information content (AvgIpc) is 2.66. The van der Waals surface area contributed by atoms with Gasteiger partial charge in [0, 0.05) is 16.6 Å². The van der Waals surface area contributed by atoms with Crippen LogP contribution in [0.5, 0.6) is 0 Å². The highest BCUT2D eigenvalue weighted by Crippen LogP contribution is 2.20. The zero-order valence-corrected chi connectivity index (χ0v) is 17.1. The molecule has 0 bridgehead atoms. The number of rotatable bonds is 8. The highest BCUT2D eigenvalue weighted by Gasteiger charge is 2.16. The summed E-state index contributed by atoms with van der Waals surface area (Å²) in [5.74, 6) is -0.937. The number of halogens is 1. The van der Waals surface area contributed by atoms with Gasteiger partial charge in [-0.2, -0.15) is 0 Å². The van der Waals surface area contributed by atoms with Gasteiger partial charge in [-0.15, -0.1) is 0 Å². The molecule has 144 valence electrons. The normalized spacial score (nSPS) is 11.0. The molecule has 0 saturated heterocycles. The summed E-state index contributed by atoms with van der Waals surface area (Å²) in [5.41, 5.74) is 0.745. The number of nitrogens with one attached hydrogen (secondary N) is 3. The molecule has 0 aliphatic heterocycles. The third-order valence-corrected chi connectivity index (χ3v) is 5.66. The topological polar surface area (TPSA) is 104 Å². The van der Waals surface area contributed by atoms with Crippen molar-refractivity contribution < 1.29 is 18.0 Å². The molecule has 0 atom stereocenters. The lowest BCUT2D eigenvalue weighted by Crippen LogP contribution is -2.33. The summed E-state index contributed by atoms with van der Waals surface area (Å²) < 4.78 is 27.5. The Balaban J connectivity index is 1.99. The molecule has 0 aliphatic rings. The molecular formula is C18H20BrN3O4S. The number of carbonyl (C=O) groups excluding carboxylic acids is 2. The van der Waals surface area contributed by atoms with E-state index in [0.717, 1.165) is 4.47 Å². The molecule has 27 heavy (non-hydrogen) atoms. The van der Waals surface area contributed by atoms with Crippen LogP contribution < -0.4 is 15.4 Å². The van der Waals surface area contributed by atoms with Gasteiger partial charge < -0.3 is 10.6 Å². The van der Waals surface area contributed by atoms with Crippen LogP contribution in [-0.2, 0) is 14.8 Å². The molecule has 2 amide bonds. The van der Waals surface area contributed by atoms with Crippen molar-refractivity contribution in [3.05, 3.63) is 58.6 Å². The molecule has 3 N–H and O–H groups in total. The molecule has 0 radical (unpaired) electrons. The Morgan fingerprint density at radius 2 is 1.81 bits per heavy atom. The van der Waals surface area contributed by atoms with Crippen LogP contribution >= 0.6 is 15.9 Å². The van der Waals surface area contributed by atoms with Crippen molar-refractivity contribution in [1.82, 2.24) is 10.0 Å². The standard InChI is InChI=1S/C18H20BrN3O4S/c1-2-10-21-27(25,26)14-7-5-6-13(11-14)18(24)20-12-17(23)22-16-9-4-3-8-15(16)19/h3-9,11,21H,2,10,12H2,1H3,(H,20,24)(H,22,23). The van der Waals surface area contributed by atoms with Crippen molar-refractivity contribution in [2.24, 2.45) is 0 Å². The summed E-state index contributed by atoms with van der Waals surface area (Å²) in [6.07, 6.45) is 0.659. The molecule has 7 nitrogen and oxygen atoms in total. The van der Waals surface area contributed by atoms with Crippen LogP contribution in [0, 0.1) is 0 Å². The Morgan fingerprint density at radius 1 is 1.07 bits per heavy atom. The van der Waals surface area contributed by atoms with Crippen molar-refractivity contribution in [2.75, 3.05) is 18.4 Å². The summed E-state index contributed by atoms with van der Waals surface area (Å²) in [4.78, 5) is 24.2. The van der Waals surface area contributed by atoms with E-state index in [-0.39, 0.29) is 17.0 Å². The summed E-state index contributed by atoms with van der Waals surface area (Å²) >= 11 is 3.32. The molecule has 2 aromatic rings. The lowest BCUT2D eigenvalue weighted by atomic mass is 10.2. The van der Waals surface area contributed by atoms with Gasteiger partial charge in [-0.05, 0) is 52.7 Å². The first kappa shape index (κ1) is 21.1. The van der Waals surface area contributed by atoms with Gasteiger partial charge in [-0.3, -0.25) is 9.59 Å². The molecule has 0 fully saturated rings. The van der Waals surface area contributed by atoms with E-state index in [2.05, 4.69) is 31.3 Å². The van der Waals surface area contributed by atoms with Gasteiger partial charge in [-0.25, -0.2) is 13.1 Å². The number of carbonyl (C=O) groups is 2. The van der Waals surface area contributed by atoms with Gasteiger partial charge in [0.1, 0.15) is 0 Å². The largest absolute Gasteiger partial charge is 0.343 e. The van der Waals surface area contributed by atoms with Gasteiger partial charge in [0.15, 0.2) is 0 Å². The molecule has 0 unspecified atom stereocenters. The number of sulfonamides is 1. The first-order valence-electron chi connectivity index (χ1n) is 8.26. The van der Waals surface area contributed by atoms with E-state index in [1.165, 1.54) is 24.3 Å². The van der Waals surface area contributed by atoms with Crippen molar-refractivity contribution in [3.8, 4) is 0 Å². The van der Waals surface area contributed by atoms with Crippen LogP contribution in [0.4, 0.5) is 5.69 Å². The summed E-state index contributed by atoms with van der Waals surface area (Å²) in [6, 6.07) is 12.8. The van der Waals surface area contributed by atoms with Crippen molar-refractivity contribution >= 4 is 43.5 Å². The zero-order chi connectivity index (χ0) is 19.9. The Hall–Kier alpha value is -2.23. The van der Waals surface area contributed by atoms with Crippen LogP contribution in [0.2, 0.25) is 0 Å². The maximum absolute atomic E-state index is 12.2. The summed E-state index contributed by atoms with van der Waals surface area (Å²) in [7, 11) is -3.67. The second kappa shape index (κ2) is 9.63. The van der Waals surface area contributed by atoms with Crippen LogP contribution in [-0.4, -0.2) is 33.3 Å². The molecule has 2 aromatic carbocycles. The van der Waals surface area contributed by atoms with Gasteiger partial charge in [-0.1, -0.05) is 25.1 Å². The molecule has 9 heteroatoms. The fourth-order valence-electron chi connectivity index (χ4n) is 2.14. The van der Waals surface area contributed by atoms with E-state index >= 15 is 0 Å². The van der Waals surface area contributed by atoms with E-state index in [0.29, 0.717) is 18.7 Å². The van der Waals surface area contributed by atoms with Gasteiger partial charge in [0.05, 0.1) is 17.1 Å². The maximum atomic E-state index is 12.2. The highest BCUT2D eigenvalue weighted by atomic mass is 79.9. The minimum atomic E-state index is -3.67. The maximum Gasteiger partial charge on any atom is 0.251 e. The Kier molecular flexibility index (Phi) is 7.52. The average molecular weight is 454 g/mol. The fraction of sp³-hybridized carbons (Fsp3) is 0.222. The minimum Gasteiger partial charge on any atom is -0.343 e. The van der Waals surface area contributed by atoms with E-state index < -0.39 is 21.8 Å². The van der Waals surface area contributed by atoms with Gasteiger partial charge >= 0.3 is 0 Å². The van der Waals surface area contributed by atoms with Crippen molar-refractivity contribution in [1.29, 1.82) is 0 Å². The quantitative estimate of drug-likeness (QED) is 0.570. The monoisotopic (exact) mass is 453 g/mol. The zero-order valence-electron chi connectivity index (χ0n) is 14.7. The van der Waals surface area contributed by atoms with Crippen LogP contribution in [0.15, 0.2) is 57.9 Å². The number of amides is 2. The molecule has 0 heterocycles. The molecule has 0 spiro atoms. The van der Waals surface area contributed by atoms with Crippen LogP contribution in [0.3, 0.4) is 0 Å². The number of benzene rings is 2. The van der Waals surface area contributed by atoms with E-state index in [4.69, 9.17) is 0 Å². The number of hydrogen-bond acceptors (Lipinski definition) is 4. The molecule has 0 aliphatic carbocycles. The van der Waals surface area contributed by atoms with E-state index in [9.17, 15) is 18.0 Å². The smallest absolute Gasteiger partial charge is 0.251 e. The molecule has 0 saturated carbocycles. The third-order valence-electron chi connectivity index (χ3n) is 3.51. The first-order chi connectivity index (χ1) is 12.8. The van der Waals surface area contributed by atoms with E-state index in [1.54, 1.807) is 18.2 Å². The summed E-state index contributed by atoms with van der Waals surface area (Å²) in [6.45, 7) is 1.92. The Bertz CT molecular complexity index is 932. The van der Waals surface area contributed by atoms with Crippen LogP contribution in [0.1, 0.15) is 23.7 Å². The second-order valence-electron chi connectivity index (χ2n) is 5.64. The third kappa shape index (κ3) is 6.16. The molecule has 0 aromatic heterocycles. The second-order valence-corrected chi connectivity index (χ2v) is 8.26. The Labute approximate surface area is 166 Å². The molecule has 2 rings (SSSR count). The summed E-state index contributed by atoms with van der Waals surface area (Å²) in [5, 5.41) is 5.15. The predicted octanol–water partition coefficient (Wildman–Crippen LogP) is 2.51. The van der Waals surface area contributed by atoms with E-state index in [1.807, 2.05) is 13.0 Å². The van der Waals surface area contributed by atoms with Gasteiger partial charge in [0.2, 0.25) is 15.9 Å². The lowest BCUT2D eigenvalue weighted by Gasteiger charge is -2.10.